The van der Waals surface area contributed by atoms with Crippen LogP contribution >= 0.6 is 0 Å². The van der Waals surface area contributed by atoms with Crippen LogP contribution in [-0.2, 0) is 22.0 Å². The van der Waals surface area contributed by atoms with Gasteiger partial charge in [-0.15, -0.1) is 0 Å². The molecule has 1 saturated carbocycles. The van der Waals surface area contributed by atoms with Crippen LogP contribution in [0.2, 0.25) is 25.7 Å². The molecule has 2 unspecified atom stereocenters. The third kappa shape index (κ3) is 5.96. The fourth-order valence-corrected chi connectivity index (χ4v) is 15.5. The summed E-state index contributed by atoms with van der Waals surface area (Å²) in [5.41, 5.74) is 4.19. The van der Waals surface area contributed by atoms with E-state index in [0.29, 0.717) is 19.5 Å². The Balaban J connectivity index is 1.23. The number of nitrogens with zero attached hydrogens (tertiary/aromatic N) is 3. The summed E-state index contributed by atoms with van der Waals surface area (Å²) >= 11 is 0. The number of methoxy groups -OCH3 is 1. The SMILES string of the molecule is CC[C@@]1(O)C[C@@H]2CN(CCC3=C(Cc4ccccc43)[C@](C)(c3cc4c(cc3OC)N(C)[C@@H]3[C@](O)(C(=O)NCCC[Si](C)(C)C)[C@@H](O)[C@@]5(CC)C=CCN6CC[C@@]43C65)C2)C1. The summed E-state index contributed by atoms with van der Waals surface area (Å²) in [4.78, 5) is 22.1. The Morgan fingerprint density at radius 2 is 1.81 bits per heavy atom. The molecule has 2 aliphatic carbocycles. The minimum Gasteiger partial charge on any atom is -0.496 e. The maximum absolute atomic E-state index is 14.9. The number of hydrogen-bond acceptors (Lipinski definition) is 8. The third-order valence-electron chi connectivity index (χ3n) is 16.8. The number of carbonyl (C=O) groups excluding carboxylic acids is 1. The molecule has 4 N–H and O–H groups in total. The molecule has 1 spiro atoms. The van der Waals surface area contributed by atoms with Crippen molar-refractivity contribution in [1.29, 1.82) is 0 Å². The lowest BCUT2D eigenvalue weighted by molar-refractivity contribution is -0.203. The molecule has 2 aromatic carbocycles. The number of aliphatic hydroxyl groups is 3. The predicted molar refractivity (Wildman–Crippen MR) is 239 cm³/mol. The van der Waals surface area contributed by atoms with Crippen LogP contribution in [0.25, 0.3) is 5.57 Å². The van der Waals surface area contributed by atoms with E-state index >= 15 is 0 Å². The van der Waals surface area contributed by atoms with E-state index in [1.54, 1.807) is 7.11 Å². The first-order valence-corrected chi connectivity index (χ1v) is 26.5. The van der Waals surface area contributed by atoms with Crippen molar-refractivity contribution in [2.24, 2.45) is 11.3 Å². The standard InChI is InChI=1S/C49H70N4O5Si/c1-9-46(56)29-32-28-45(3,36-25-33-15-11-12-16-34(33)35(36)17-22-52(30-32)31-46)38-26-37-39(27-40(38)58-5)51(4)42-48(37)19-23-53-21-13-18-47(10-2,41(48)53)43(54)49(42,57)44(55)50-20-14-24-59(6,7)8/h11-13,15-16,18,26-27,32,41-43,54,56-57H,9-10,14,17,19-25,28-31H2,1-8H3,(H,50,55)/t32-,41?,42+,43+,45-,46-,47+,48+,49-/m1/s1. The lowest BCUT2D eigenvalue weighted by Crippen LogP contribution is -2.81. The van der Waals surface area contributed by atoms with Gasteiger partial charge in [0.25, 0.3) is 5.91 Å². The Labute approximate surface area is 353 Å². The Hall–Kier alpha value is -2.99. The molecule has 5 aliphatic heterocycles. The summed E-state index contributed by atoms with van der Waals surface area (Å²) in [5, 5.41) is 41.3. The van der Waals surface area contributed by atoms with Crippen LogP contribution in [0.15, 0.2) is 54.1 Å². The van der Waals surface area contributed by atoms with Gasteiger partial charge in [-0.2, -0.15) is 0 Å². The van der Waals surface area contributed by atoms with Crippen molar-refractivity contribution in [3.63, 3.8) is 0 Å². The Kier molecular flexibility index (Phi) is 10.0. The molecule has 9 nitrogen and oxygen atoms in total. The second-order valence-electron chi connectivity index (χ2n) is 21.2. The van der Waals surface area contributed by atoms with E-state index in [4.69, 9.17) is 4.74 Å². The number of likely N-dealkylation sites (N-methyl/N-ethyl adjacent to an activating group) is 1. The fourth-order valence-electron chi connectivity index (χ4n) is 14.2. The Morgan fingerprint density at radius 3 is 2.54 bits per heavy atom. The van der Waals surface area contributed by atoms with Crippen LogP contribution in [0, 0.1) is 11.3 Å². The highest BCUT2D eigenvalue weighted by Gasteiger charge is 2.78. The molecule has 2 aromatic rings. The molecule has 1 amide bonds. The van der Waals surface area contributed by atoms with Crippen LogP contribution < -0.4 is 15.0 Å². The van der Waals surface area contributed by atoms with Gasteiger partial charge in [-0.05, 0) is 92.2 Å². The van der Waals surface area contributed by atoms with Gasteiger partial charge in [0.1, 0.15) is 11.9 Å². The van der Waals surface area contributed by atoms with Gasteiger partial charge >= 0.3 is 0 Å². The van der Waals surface area contributed by atoms with Crippen LogP contribution in [-0.4, -0.2) is 122 Å². The van der Waals surface area contributed by atoms with Gasteiger partial charge in [-0.25, -0.2) is 0 Å². The number of allylic oxidation sites excluding steroid dienone is 1. The quantitative estimate of drug-likeness (QED) is 0.133. The Morgan fingerprint density at radius 1 is 1.03 bits per heavy atom. The summed E-state index contributed by atoms with van der Waals surface area (Å²) < 4.78 is 6.51. The van der Waals surface area contributed by atoms with Crippen LogP contribution in [0.1, 0.15) is 88.0 Å². The Bertz CT molecular complexity index is 2080. The molecule has 10 atom stereocenters. The van der Waals surface area contributed by atoms with Crippen LogP contribution in [0.4, 0.5) is 5.69 Å². The van der Waals surface area contributed by atoms with Gasteiger partial charge in [0, 0.05) is 87.4 Å². The van der Waals surface area contributed by atoms with E-state index in [2.05, 4.69) is 109 Å². The summed E-state index contributed by atoms with van der Waals surface area (Å²) in [6.07, 6.45) is 9.41. The normalized spacial score (nSPS) is 38.4. The molecule has 2 saturated heterocycles. The van der Waals surface area contributed by atoms with Gasteiger partial charge in [-0.1, -0.05) is 88.4 Å². The molecule has 5 heterocycles. The maximum atomic E-state index is 14.9. The minimum atomic E-state index is -2.08. The number of fused-ring (bicyclic) bond motifs is 5. The van der Waals surface area contributed by atoms with Gasteiger partial charge in [-0.3, -0.25) is 14.6 Å². The van der Waals surface area contributed by atoms with Crippen molar-refractivity contribution in [3.05, 3.63) is 76.4 Å². The van der Waals surface area contributed by atoms with Crippen molar-refractivity contribution in [2.75, 3.05) is 58.3 Å². The van der Waals surface area contributed by atoms with Gasteiger partial charge in [0.05, 0.1) is 18.8 Å². The number of piperidine rings is 1. The average molecular weight is 823 g/mol. The highest BCUT2D eigenvalue weighted by Crippen LogP contribution is 2.68. The van der Waals surface area contributed by atoms with E-state index in [-0.39, 0.29) is 12.0 Å². The van der Waals surface area contributed by atoms with E-state index in [9.17, 15) is 20.1 Å². The van der Waals surface area contributed by atoms with Crippen molar-refractivity contribution in [2.45, 2.75) is 138 Å². The maximum Gasteiger partial charge on any atom is 0.256 e. The third-order valence-corrected chi connectivity index (χ3v) is 18.6. The minimum absolute atomic E-state index is 0.111. The molecule has 7 aliphatic rings. The van der Waals surface area contributed by atoms with Gasteiger partial charge in [0.15, 0.2) is 5.60 Å². The first kappa shape index (κ1) is 41.4. The molecular formula is C49H70N4O5Si. The fraction of sp³-hybridized carbons (Fsp3) is 0.653. The van der Waals surface area contributed by atoms with Crippen LogP contribution in [0.3, 0.4) is 0 Å². The summed E-state index contributed by atoms with van der Waals surface area (Å²) in [6.45, 7) is 18.4. The summed E-state index contributed by atoms with van der Waals surface area (Å²) in [5.74, 6) is 0.625. The zero-order valence-corrected chi connectivity index (χ0v) is 38.0. The lowest BCUT2D eigenvalue weighted by Gasteiger charge is -2.63. The second kappa shape index (κ2) is 14.3. The molecule has 10 heteroatoms. The number of rotatable bonds is 9. The first-order valence-electron chi connectivity index (χ1n) is 22.8. The number of ether oxygens (including phenoxy) is 1. The molecule has 9 rings (SSSR count). The molecule has 2 bridgehead atoms. The molecule has 3 fully saturated rings. The van der Waals surface area contributed by atoms with E-state index in [0.717, 1.165) is 99.7 Å². The number of aliphatic hydroxyl groups excluding tert-OH is 1. The van der Waals surface area contributed by atoms with E-state index < -0.39 is 53.6 Å². The highest BCUT2D eigenvalue weighted by molar-refractivity contribution is 6.76. The average Bonchev–Trinajstić information content (AvgIpc) is 3.87. The number of benzene rings is 2. The molecular weight excluding hydrogens is 753 g/mol. The molecule has 59 heavy (non-hydrogen) atoms. The van der Waals surface area contributed by atoms with Crippen molar-refractivity contribution < 1.29 is 24.9 Å². The van der Waals surface area contributed by atoms with Crippen LogP contribution in [0.5, 0.6) is 5.75 Å². The zero-order valence-electron chi connectivity index (χ0n) is 37.0. The molecule has 0 aromatic heterocycles. The molecule has 320 valence electrons. The summed E-state index contributed by atoms with van der Waals surface area (Å²) in [7, 11) is 2.47. The number of nitrogens with one attached hydrogen (secondary N) is 1. The first-order chi connectivity index (χ1) is 28.0. The highest BCUT2D eigenvalue weighted by atomic mass is 28.3. The summed E-state index contributed by atoms with van der Waals surface area (Å²) in [6, 6.07) is 13.8. The van der Waals surface area contributed by atoms with E-state index in [1.807, 2.05) is 7.05 Å². The smallest absolute Gasteiger partial charge is 0.256 e. The van der Waals surface area contributed by atoms with Gasteiger partial charge in [0.2, 0.25) is 0 Å². The van der Waals surface area contributed by atoms with Crippen molar-refractivity contribution in [1.82, 2.24) is 15.1 Å². The lowest BCUT2D eigenvalue weighted by atomic mass is 9.47. The predicted octanol–water partition coefficient (Wildman–Crippen LogP) is 6.27. The van der Waals surface area contributed by atoms with Gasteiger partial charge < -0.3 is 30.3 Å². The topological polar surface area (TPSA) is 109 Å². The van der Waals surface area contributed by atoms with Crippen molar-refractivity contribution in [3.8, 4) is 5.75 Å². The number of amides is 1. The monoisotopic (exact) mass is 823 g/mol. The van der Waals surface area contributed by atoms with Crippen molar-refractivity contribution >= 4 is 25.2 Å². The zero-order chi connectivity index (χ0) is 41.9. The second-order valence-corrected chi connectivity index (χ2v) is 26.9. The van der Waals surface area contributed by atoms with E-state index in [1.165, 1.54) is 22.3 Å². The number of carbonyl (C=O) groups is 1. The molecule has 0 radical (unpaired) electrons. The largest absolute Gasteiger partial charge is 0.496 e. The number of hydrogen-bond donors (Lipinski definition) is 4. The number of anilines is 1.